The number of hydrogen-bond acceptors (Lipinski definition) is 5. The maximum atomic E-state index is 4.45. The Bertz CT molecular complexity index is 583. The molecule has 0 saturated carbocycles. The van der Waals surface area contributed by atoms with E-state index in [0.29, 0.717) is 0 Å². The molecule has 0 atom stereocenters. The van der Waals surface area contributed by atoms with Crippen LogP contribution in [0.25, 0.3) is 0 Å². The minimum absolute atomic E-state index is 0.782. The van der Waals surface area contributed by atoms with Gasteiger partial charge in [-0.3, -0.25) is 0 Å². The van der Waals surface area contributed by atoms with Crippen LogP contribution in [0.3, 0.4) is 0 Å². The van der Waals surface area contributed by atoms with Crippen LogP contribution < -0.4 is 10.6 Å². The molecule has 1 heterocycles. The minimum Gasteiger partial charge on any atom is -0.370 e. The van der Waals surface area contributed by atoms with E-state index in [1.807, 2.05) is 19.1 Å². The van der Waals surface area contributed by atoms with Crippen molar-refractivity contribution < 1.29 is 0 Å². The van der Waals surface area contributed by atoms with Crippen LogP contribution in [0.2, 0.25) is 0 Å². The van der Waals surface area contributed by atoms with Crippen LogP contribution in [0, 0.1) is 6.92 Å². The molecule has 5 nitrogen and oxygen atoms in total. The van der Waals surface area contributed by atoms with E-state index in [4.69, 9.17) is 0 Å². The molecule has 0 aliphatic carbocycles. The van der Waals surface area contributed by atoms with Crippen molar-refractivity contribution in [3.8, 4) is 0 Å². The molecule has 2 rings (SSSR count). The molecule has 1 aromatic heterocycles. The SMILES string of the molecule is Cc1nc(NCCCN(C)C)cc(NCCc2ccccc2)n1. The van der Waals surface area contributed by atoms with Gasteiger partial charge in [0.1, 0.15) is 17.5 Å². The van der Waals surface area contributed by atoms with Crippen molar-refractivity contribution in [3.63, 3.8) is 0 Å². The second-order valence-corrected chi connectivity index (χ2v) is 5.93. The van der Waals surface area contributed by atoms with E-state index in [2.05, 4.69) is 63.9 Å². The predicted molar refractivity (Wildman–Crippen MR) is 97.1 cm³/mol. The Morgan fingerprint density at radius 2 is 1.61 bits per heavy atom. The lowest BCUT2D eigenvalue weighted by atomic mass is 10.1. The summed E-state index contributed by atoms with van der Waals surface area (Å²) >= 11 is 0. The summed E-state index contributed by atoms with van der Waals surface area (Å²) in [6.07, 6.45) is 2.07. The number of aromatic nitrogens is 2. The fraction of sp³-hybridized carbons (Fsp3) is 0.444. The lowest BCUT2D eigenvalue weighted by molar-refractivity contribution is 0.405. The number of rotatable bonds is 9. The van der Waals surface area contributed by atoms with Crippen LogP contribution in [0.1, 0.15) is 17.8 Å². The van der Waals surface area contributed by atoms with Crippen LogP contribution in [0.5, 0.6) is 0 Å². The Hall–Kier alpha value is -2.14. The number of anilines is 2. The molecule has 0 aliphatic heterocycles. The molecule has 0 amide bonds. The third-order valence-electron chi connectivity index (χ3n) is 3.49. The highest BCUT2D eigenvalue weighted by molar-refractivity contribution is 5.47. The second kappa shape index (κ2) is 9.10. The van der Waals surface area contributed by atoms with Crippen LogP contribution in [0.4, 0.5) is 11.6 Å². The molecule has 0 aliphatic rings. The largest absolute Gasteiger partial charge is 0.370 e. The zero-order valence-electron chi connectivity index (χ0n) is 14.3. The molecule has 2 aromatic rings. The van der Waals surface area contributed by atoms with Gasteiger partial charge in [0.15, 0.2) is 0 Å². The van der Waals surface area contributed by atoms with Crippen LogP contribution in [0.15, 0.2) is 36.4 Å². The summed E-state index contributed by atoms with van der Waals surface area (Å²) in [5.41, 5.74) is 1.33. The van der Waals surface area contributed by atoms with Crippen molar-refractivity contribution in [2.24, 2.45) is 0 Å². The summed E-state index contributed by atoms with van der Waals surface area (Å²) in [5, 5.41) is 6.76. The molecule has 0 fully saturated rings. The number of nitrogens with zero attached hydrogens (tertiary/aromatic N) is 3. The van der Waals surface area contributed by atoms with Crippen molar-refractivity contribution in [1.82, 2.24) is 14.9 Å². The normalized spacial score (nSPS) is 10.8. The first kappa shape index (κ1) is 17.2. The third-order valence-corrected chi connectivity index (χ3v) is 3.49. The highest BCUT2D eigenvalue weighted by Crippen LogP contribution is 2.11. The Morgan fingerprint density at radius 3 is 2.26 bits per heavy atom. The first-order chi connectivity index (χ1) is 11.1. The molecule has 124 valence electrons. The monoisotopic (exact) mass is 313 g/mol. The molecule has 23 heavy (non-hydrogen) atoms. The van der Waals surface area contributed by atoms with Gasteiger partial charge in [-0.2, -0.15) is 0 Å². The topological polar surface area (TPSA) is 53.1 Å². The lowest BCUT2D eigenvalue weighted by Gasteiger charge is -2.12. The highest BCUT2D eigenvalue weighted by Gasteiger charge is 2.02. The van der Waals surface area contributed by atoms with Gasteiger partial charge in [-0.25, -0.2) is 9.97 Å². The van der Waals surface area contributed by atoms with Gasteiger partial charge in [-0.05, 0) is 46.0 Å². The highest BCUT2D eigenvalue weighted by atomic mass is 15.1. The summed E-state index contributed by atoms with van der Waals surface area (Å²) < 4.78 is 0. The summed E-state index contributed by atoms with van der Waals surface area (Å²) in [6, 6.07) is 12.4. The maximum absolute atomic E-state index is 4.45. The number of aryl methyl sites for hydroxylation is 1. The van der Waals surface area contributed by atoms with Crippen LogP contribution >= 0.6 is 0 Å². The van der Waals surface area contributed by atoms with Gasteiger partial charge in [0.05, 0.1) is 0 Å². The van der Waals surface area contributed by atoms with Crippen molar-refractivity contribution >= 4 is 11.6 Å². The first-order valence-corrected chi connectivity index (χ1v) is 8.15. The maximum Gasteiger partial charge on any atom is 0.131 e. The fourth-order valence-corrected chi connectivity index (χ4v) is 2.34. The summed E-state index contributed by atoms with van der Waals surface area (Å²) in [4.78, 5) is 11.1. The molecule has 0 unspecified atom stereocenters. The number of nitrogens with one attached hydrogen (secondary N) is 2. The van der Waals surface area contributed by atoms with Gasteiger partial charge >= 0.3 is 0 Å². The van der Waals surface area contributed by atoms with Crippen molar-refractivity contribution in [2.45, 2.75) is 19.8 Å². The van der Waals surface area contributed by atoms with E-state index in [9.17, 15) is 0 Å². The number of benzene rings is 1. The Labute approximate surface area is 139 Å². The van der Waals surface area contributed by atoms with E-state index in [1.54, 1.807) is 0 Å². The summed E-state index contributed by atoms with van der Waals surface area (Å²) in [5.74, 6) is 2.55. The predicted octanol–water partition coefficient (Wildman–Crippen LogP) is 2.80. The van der Waals surface area contributed by atoms with Crippen LogP contribution in [-0.2, 0) is 6.42 Å². The molecule has 0 saturated heterocycles. The van der Waals surface area contributed by atoms with E-state index < -0.39 is 0 Å². The molecular formula is C18H27N5. The van der Waals surface area contributed by atoms with Crippen LogP contribution in [-0.4, -0.2) is 48.6 Å². The average Bonchev–Trinajstić information content (AvgIpc) is 2.52. The van der Waals surface area contributed by atoms with E-state index in [-0.39, 0.29) is 0 Å². The Morgan fingerprint density at radius 1 is 0.957 bits per heavy atom. The zero-order valence-corrected chi connectivity index (χ0v) is 14.3. The molecule has 5 heteroatoms. The van der Waals surface area contributed by atoms with Gasteiger partial charge in [0, 0.05) is 19.2 Å². The van der Waals surface area contributed by atoms with Gasteiger partial charge in [0.25, 0.3) is 0 Å². The Balaban J connectivity index is 1.82. The van der Waals surface area contributed by atoms with Gasteiger partial charge < -0.3 is 15.5 Å². The number of hydrogen-bond donors (Lipinski definition) is 2. The quantitative estimate of drug-likeness (QED) is 0.697. The van der Waals surface area contributed by atoms with Gasteiger partial charge in [-0.1, -0.05) is 30.3 Å². The third kappa shape index (κ3) is 6.65. The zero-order chi connectivity index (χ0) is 16.5. The Kier molecular flexibility index (Phi) is 6.81. The molecule has 0 bridgehead atoms. The van der Waals surface area contributed by atoms with E-state index in [0.717, 1.165) is 49.9 Å². The van der Waals surface area contributed by atoms with Crippen molar-refractivity contribution in [1.29, 1.82) is 0 Å². The molecule has 2 N–H and O–H groups in total. The molecule has 0 radical (unpaired) electrons. The van der Waals surface area contributed by atoms with Crippen molar-refractivity contribution in [2.75, 3.05) is 44.4 Å². The van der Waals surface area contributed by atoms with Gasteiger partial charge in [0.2, 0.25) is 0 Å². The average molecular weight is 313 g/mol. The molecular weight excluding hydrogens is 286 g/mol. The van der Waals surface area contributed by atoms with E-state index in [1.165, 1.54) is 5.56 Å². The smallest absolute Gasteiger partial charge is 0.131 e. The first-order valence-electron chi connectivity index (χ1n) is 8.15. The van der Waals surface area contributed by atoms with Crippen molar-refractivity contribution in [3.05, 3.63) is 47.8 Å². The fourth-order valence-electron chi connectivity index (χ4n) is 2.34. The standard InChI is InChI=1S/C18H27N5/c1-15-21-17(19-11-7-13-23(2)3)14-18(22-15)20-12-10-16-8-5-4-6-9-16/h4-6,8-9,14H,7,10-13H2,1-3H3,(H2,19,20,21,22). The molecule has 1 aromatic carbocycles. The second-order valence-electron chi connectivity index (χ2n) is 5.93. The lowest BCUT2D eigenvalue weighted by Crippen LogP contribution is -2.17. The summed E-state index contributed by atoms with van der Waals surface area (Å²) in [6.45, 7) is 4.77. The summed E-state index contributed by atoms with van der Waals surface area (Å²) in [7, 11) is 4.17. The molecule has 0 spiro atoms. The van der Waals surface area contributed by atoms with Gasteiger partial charge in [-0.15, -0.1) is 0 Å². The minimum atomic E-state index is 0.782. The van der Waals surface area contributed by atoms with E-state index >= 15 is 0 Å².